The van der Waals surface area contributed by atoms with Crippen LogP contribution in [0.1, 0.15) is 10.4 Å². The average Bonchev–Trinajstić information content (AvgIpc) is 2.42. The van der Waals surface area contributed by atoms with E-state index in [1.165, 1.54) is 23.9 Å². The Hall–Kier alpha value is -2.36. The largest absolute Gasteiger partial charge is 0.478 e. The number of benzene rings is 2. The molecule has 1 N–H and O–H groups in total. The molecule has 2 rings (SSSR count). The van der Waals surface area contributed by atoms with Gasteiger partial charge in [-0.05, 0) is 30.3 Å². The minimum absolute atomic E-state index is 0.116. The van der Waals surface area contributed by atoms with Crippen LogP contribution in [-0.2, 0) is 4.79 Å². The van der Waals surface area contributed by atoms with E-state index < -0.39 is 5.97 Å². The molecule has 0 aliphatic carbocycles. The second-order valence-corrected chi connectivity index (χ2v) is 4.72. The maximum Gasteiger partial charge on any atom is 0.336 e. The summed E-state index contributed by atoms with van der Waals surface area (Å²) >= 11 is 1.35. The summed E-state index contributed by atoms with van der Waals surface area (Å²) < 4.78 is 0. The van der Waals surface area contributed by atoms with Crippen molar-refractivity contribution in [1.82, 2.24) is 0 Å². The summed E-state index contributed by atoms with van der Waals surface area (Å²) in [4.78, 5) is 26.4. The molecular weight excluding hydrogens is 262 g/mol. The number of hydrogen-bond acceptors (Lipinski definition) is 4. The maximum absolute atomic E-state index is 11.2. The van der Waals surface area contributed by atoms with Crippen LogP contribution >= 0.6 is 11.8 Å². The van der Waals surface area contributed by atoms with Crippen LogP contribution in [0, 0.1) is 0 Å². The highest BCUT2D eigenvalue weighted by Crippen LogP contribution is 2.32. The molecule has 0 fully saturated rings. The fourth-order valence-corrected chi connectivity index (χ4v) is 2.45. The van der Waals surface area contributed by atoms with E-state index in [0.29, 0.717) is 4.90 Å². The van der Waals surface area contributed by atoms with Crippen molar-refractivity contribution in [1.29, 1.82) is 0 Å². The predicted octanol–water partition coefficient (Wildman–Crippen LogP) is 3.50. The zero-order valence-electron chi connectivity index (χ0n) is 9.74. The van der Waals surface area contributed by atoms with Gasteiger partial charge in [0.15, 0.2) is 0 Å². The van der Waals surface area contributed by atoms with Crippen LogP contribution in [0.4, 0.5) is 5.69 Å². The Kier molecular flexibility index (Phi) is 4.13. The van der Waals surface area contributed by atoms with E-state index in [9.17, 15) is 14.7 Å². The average molecular weight is 271 g/mol. The number of carboxylic acid groups (broad SMARTS) is 1. The number of rotatable bonds is 4. The van der Waals surface area contributed by atoms with E-state index in [0.717, 1.165) is 4.90 Å². The topological polar surface area (TPSA) is 66.7 Å². The molecule has 0 aliphatic rings. The summed E-state index contributed by atoms with van der Waals surface area (Å²) in [7, 11) is 0. The molecule has 19 heavy (non-hydrogen) atoms. The molecule has 0 aromatic heterocycles. The van der Waals surface area contributed by atoms with Gasteiger partial charge in [0, 0.05) is 9.79 Å². The second-order valence-electron chi connectivity index (χ2n) is 3.60. The maximum atomic E-state index is 11.2. The van der Waals surface area contributed by atoms with E-state index in [-0.39, 0.29) is 11.3 Å². The number of aromatic carboxylic acids is 1. The molecule has 2 aromatic carbocycles. The van der Waals surface area contributed by atoms with Gasteiger partial charge >= 0.3 is 5.97 Å². The zero-order valence-corrected chi connectivity index (χ0v) is 10.6. The van der Waals surface area contributed by atoms with Crippen molar-refractivity contribution in [3.63, 3.8) is 0 Å². The molecule has 0 aliphatic heterocycles. The van der Waals surface area contributed by atoms with E-state index in [1.807, 2.05) is 30.3 Å². The van der Waals surface area contributed by atoms with Crippen LogP contribution < -0.4 is 0 Å². The summed E-state index contributed by atoms with van der Waals surface area (Å²) in [5.74, 6) is -1.05. The van der Waals surface area contributed by atoms with Gasteiger partial charge < -0.3 is 5.11 Å². The molecule has 0 radical (unpaired) electrons. The normalized spacial score (nSPS) is 9.68. The standard InChI is InChI=1S/C14H9NO3S/c16-9-15-10-6-7-13(12(8-10)14(17)18)19-11-4-2-1-3-5-11/h1-8H,(H,17,18). The van der Waals surface area contributed by atoms with Crippen molar-refractivity contribution in [2.24, 2.45) is 4.99 Å². The Morgan fingerprint density at radius 2 is 1.89 bits per heavy atom. The monoisotopic (exact) mass is 271 g/mol. The summed E-state index contributed by atoms with van der Waals surface area (Å²) in [6.07, 6.45) is 1.39. The highest BCUT2D eigenvalue weighted by atomic mass is 32.2. The Morgan fingerprint density at radius 3 is 2.53 bits per heavy atom. The first-order valence-corrected chi connectivity index (χ1v) is 6.20. The molecule has 2 aromatic rings. The highest BCUT2D eigenvalue weighted by Gasteiger charge is 2.12. The summed E-state index contributed by atoms with van der Waals surface area (Å²) in [6.45, 7) is 0. The minimum atomic E-state index is -1.05. The van der Waals surface area contributed by atoms with Gasteiger partial charge in [-0.15, -0.1) is 0 Å². The molecule has 5 heteroatoms. The molecule has 0 spiro atoms. The lowest BCUT2D eigenvalue weighted by atomic mass is 10.2. The zero-order chi connectivity index (χ0) is 13.7. The van der Waals surface area contributed by atoms with Gasteiger partial charge in [0.05, 0.1) is 11.3 Å². The summed E-state index contributed by atoms with van der Waals surface area (Å²) in [6, 6.07) is 14.0. The molecule has 0 bridgehead atoms. The molecule has 0 unspecified atom stereocenters. The van der Waals surface area contributed by atoms with Crippen LogP contribution in [0.2, 0.25) is 0 Å². The number of carbonyl (C=O) groups is 1. The first-order chi connectivity index (χ1) is 9.20. The second kappa shape index (κ2) is 6.00. The molecule has 0 amide bonds. The minimum Gasteiger partial charge on any atom is -0.478 e. The molecule has 4 nitrogen and oxygen atoms in total. The van der Waals surface area contributed by atoms with Gasteiger partial charge in [-0.3, -0.25) is 0 Å². The van der Waals surface area contributed by atoms with Gasteiger partial charge in [-0.1, -0.05) is 30.0 Å². The lowest BCUT2D eigenvalue weighted by Crippen LogP contribution is -1.98. The fourth-order valence-electron chi connectivity index (χ4n) is 1.51. The van der Waals surface area contributed by atoms with E-state index in [1.54, 1.807) is 12.1 Å². The van der Waals surface area contributed by atoms with Crippen LogP contribution in [0.25, 0.3) is 0 Å². The first kappa shape index (κ1) is 13.1. The van der Waals surface area contributed by atoms with Gasteiger partial charge in [0.2, 0.25) is 6.08 Å². The van der Waals surface area contributed by atoms with Gasteiger partial charge in [-0.25, -0.2) is 9.59 Å². The number of isocyanates is 1. The highest BCUT2D eigenvalue weighted by molar-refractivity contribution is 7.99. The van der Waals surface area contributed by atoms with Crippen molar-refractivity contribution in [2.75, 3.05) is 0 Å². The van der Waals surface area contributed by atoms with Gasteiger partial charge in [0.25, 0.3) is 0 Å². The molecule has 0 heterocycles. The van der Waals surface area contributed by atoms with Crippen molar-refractivity contribution < 1.29 is 14.7 Å². The van der Waals surface area contributed by atoms with Gasteiger partial charge in [0.1, 0.15) is 0 Å². The van der Waals surface area contributed by atoms with Gasteiger partial charge in [-0.2, -0.15) is 4.99 Å². The van der Waals surface area contributed by atoms with Crippen LogP contribution in [0.5, 0.6) is 0 Å². The third-order valence-electron chi connectivity index (χ3n) is 2.34. The Bertz CT molecular complexity index is 649. The molecule has 94 valence electrons. The van der Waals surface area contributed by atoms with E-state index in [4.69, 9.17) is 0 Å². The Balaban J connectivity index is 2.40. The number of carboxylic acids is 1. The summed E-state index contributed by atoms with van der Waals surface area (Å²) in [5, 5.41) is 9.18. The third-order valence-corrected chi connectivity index (χ3v) is 3.42. The first-order valence-electron chi connectivity index (χ1n) is 5.39. The lowest BCUT2D eigenvalue weighted by molar-refractivity contribution is 0.0693. The van der Waals surface area contributed by atoms with Crippen molar-refractivity contribution in [3.8, 4) is 0 Å². The molecule has 0 atom stereocenters. The lowest BCUT2D eigenvalue weighted by Gasteiger charge is -2.06. The Labute approximate surface area is 113 Å². The summed E-state index contributed by atoms with van der Waals surface area (Å²) in [5.41, 5.74) is 0.398. The quantitative estimate of drug-likeness (QED) is 0.682. The number of aliphatic imine (C=N–C) groups is 1. The van der Waals surface area contributed by atoms with Crippen molar-refractivity contribution in [2.45, 2.75) is 9.79 Å². The van der Waals surface area contributed by atoms with Crippen LogP contribution in [0.15, 0.2) is 63.3 Å². The molecule has 0 saturated carbocycles. The van der Waals surface area contributed by atoms with Crippen LogP contribution in [0.3, 0.4) is 0 Å². The third kappa shape index (κ3) is 3.31. The van der Waals surface area contributed by atoms with Crippen LogP contribution in [-0.4, -0.2) is 17.2 Å². The number of carbonyl (C=O) groups excluding carboxylic acids is 1. The molecular formula is C14H9NO3S. The predicted molar refractivity (Wildman–Crippen MR) is 71.7 cm³/mol. The van der Waals surface area contributed by atoms with E-state index >= 15 is 0 Å². The number of nitrogens with zero attached hydrogens (tertiary/aromatic N) is 1. The number of hydrogen-bond donors (Lipinski definition) is 1. The van der Waals surface area contributed by atoms with Crippen molar-refractivity contribution >= 4 is 29.5 Å². The Morgan fingerprint density at radius 1 is 1.16 bits per heavy atom. The smallest absolute Gasteiger partial charge is 0.336 e. The SMILES string of the molecule is O=C=Nc1ccc(Sc2ccccc2)c(C(=O)O)c1. The van der Waals surface area contributed by atoms with Crippen molar-refractivity contribution in [3.05, 3.63) is 54.1 Å². The van der Waals surface area contributed by atoms with E-state index in [2.05, 4.69) is 4.99 Å². The fraction of sp³-hybridized carbons (Fsp3) is 0. The molecule has 0 saturated heterocycles.